The van der Waals surface area contributed by atoms with Gasteiger partial charge in [-0.25, -0.2) is 9.97 Å². The fourth-order valence-corrected chi connectivity index (χ4v) is 3.30. The van der Waals surface area contributed by atoms with Crippen molar-refractivity contribution in [1.82, 2.24) is 15.0 Å². The standard InChI is InChI=1S/C17H18N4/c1-11-9-18-16-15(11)17(20-10-19-16)21-14-8-4-6-12-5-2-3-7-13(12)14/h2-3,5,7,9-10,14H,4,6,8H2,1H3,(H2,18,19,20,21)/t14-/m0/s1. The number of nitrogens with zero attached hydrogens (tertiary/aromatic N) is 2. The zero-order chi connectivity index (χ0) is 14.2. The molecule has 4 rings (SSSR count). The number of anilines is 1. The van der Waals surface area contributed by atoms with Crippen LogP contribution in [0.25, 0.3) is 11.0 Å². The van der Waals surface area contributed by atoms with Crippen molar-refractivity contribution in [3.05, 3.63) is 53.5 Å². The lowest BCUT2D eigenvalue weighted by Crippen LogP contribution is -2.18. The van der Waals surface area contributed by atoms with E-state index in [1.807, 2.05) is 6.20 Å². The van der Waals surface area contributed by atoms with Gasteiger partial charge in [-0.2, -0.15) is 0 Å². The number of benzene rings is 1. The van der Waals surface area contributed by atoms with Crippen molar-refractivity contribution in [2.24, 2.45) is 0 Å². The van der Waals surface area contributed by atoms with E-state index in [1.165, 1.54) is 29.5 Å². The fraction of sp³-hybridized carbons (Fsp3) is 0.294. The summed E-state index contributed by atoms with van der Waals surface area (Å²) in [5.41, 5.74) is 4.94. The number of aromatic amines is 1. The van der Waals surface area contributed by atoms with Gasteiger partial charge < -0.3 is 10.3 Å². The predicted molar refractivity (Wildman–Crippen MR) is 84.4 cm³/mol. The van der Waals surface area contributed by atoms with Crippen molar-refractivity contribution in [1.29, 1.82) is 0 Å². The van der Waals surface area contributed by atoms with Gasteiger partial charge >= 0.3 is 0 Å². The van der Waals surface area contributed by atoms with E-state index in [4.69, 9.17) is 0 Å². The van der Waals surface area contributed by atoms with Crippen LogP contribution < -0.4 is 5.32 Å². The topological polar surface area (TPSA) is 53.6 Å². The Morgan fingerprint density at radius 1 is 1.24 bits per heavy atom. The summed E-state index contributed by atoms with van der Waals surface area (Å²) in [6.45, 7) is 2.09. The summed E-state index contributed by atoms with van der Waals surface area (Å²) in [5.74, 6) is 0.931. The lowest BCUT2D eigenvalue weighted by Gasteiger charge is -2.27. The molecule has 21 heavy (non-hydrogen) atoms. The second kappa shape index (κ2) is 4.88. The Labute approximate surface area is 123 Å². The third-order valence-electron chi connectivity index (χ3n) is 4.35. The van der Waals surface area contributed by atoms with Gasteiger partial charge in [0.2, 0.25) is 0 Å². The lowest BCUT2D eigenvalue weighted by atomic mass is 9.88. The fourth-order valence-electron chi connectivity index (χ4n) is 3.30. The molecule has 0 saturated carbocycles. The zero-order valence-corrected chi connectivity index (χ0v) is 12.1. The molecule has 1 aliphatic carbocycles. The summed E-state index contributed by atoms with van der Waals surface area (Å²) in [4.78, 5) is 12.0. The van der Waals surface area contributed by atoms with E-state index in [0.717, 1.165) is 23.3 Å². The first kappa shape index (κ1) is 12.4. The molecule has 0 amide bonds. The predicted octanol–water partition coefficient (Wildman–Crippen LogP) is 3.76. The normalized spacial score (nSPS) is 17.7. The summed E-state index contributed by atoms with van der Waals surface area (Å²) in [6, 6.07) is 9.05. The van der Waals surface area contributed by atoms with Crippen LogP contribution in [0.2, 0.25) is 0 Å². The first-order valence-electron chi connectivity index (χ1n) is 7.46. The van der Waals surface area contributed by atoms with Gasteiger partial charge in [0, 0.05) is 6.20 Å². The van der Waals surface area contributed by atoms with Crippen molar-refractivity contribution >= 4 is 16.9 Å². The van der Waals surface area contributed by atoms with Gasteiger partial charge in [-0.05, 0) is 42.9 Å². The van der Waals surface area contributed by atoms with E-state index in [-0.39, 0.29) is 0 Å². The van der Waals surface area contributed by atoms with Crippen LogP contribution in [0, 0.1) is 6.92 Å². The number of aromatic nitrogens is 3. The number of aryl methyl sites for hydroxylation is 2. The van der Waals surface area contributed by atoms with Crippen LogP contribution >= 0.6 is 0 Å². The molecule has 1 atom stereocenters. The molecule has 0 aliphatic heterocycles. The number of fused-ring (bicyclic) bond motifs is 2. The van der Waals surface area contributed by atoms with Crippen molar-refractivity contribution in [2.75, 3.05) is 5.32 Å². The smallest absolute Gasteiger partial charge is 0.143 e. The van der Waals surface area contributed by atoms with Crippen molar-refractivity contribution in [3.63, 3.8) is 0 Å². The molecule has 1 aliphatic rings. The second-order valence-electron chi connectivity index (χ2n) is 5.71. The van der Waals surface area contributed by atoms with Gasteiger partial charge in [0.1, 0.15) is 17.8 Å². The molecule has 4 nitrogen and oxygen atoms in total. The first-order chi connectivity index (χ1) is 10.3. The van der Waals surface area contributed by atoms with E-state index in [9.17, 15) is 0 Å². The Hall–Kier alpha value is -2.36. The summed E-state index contributed by atoms with van der Waals surface area (Å²) in [6.07, 6.45) is 7.15. The summed E-state index contributed by atoms with van der Waals surface area (Å²) in [5, 5.41) is 4.73. The van der Waals surface area contributed by atoms with Crippen molar-refractivity contribution in [2.45, 2.75) is 32.2 Å². The highest BCUT2D eigenvalue weighted by molar-refractivity contribution is 5.90. The third-order valence-corrected chi connectivity index (χ3v) is 4.35. The van der Waals surface area contributed by atoms with Gasteiger partial charge in [0.05, 0.1) is 11.4 Å². The Bertz CT molecular complexity index is 790. The molecule has 0 bridgehead atoms. The van der Waals surface area contributed by atoms with E-state index in [1.54, 1.807) is 6.33 Å². The zero-order valence-electron chi connectivity index (χ0n) is 12.1. The van der Waals surface area contributed by atoms with Gasteiger partial charge in [0.15, 0.2) is 0 Å². The molecule has 1 aromatic carbocycles. The minimum absolute atomic E-state index is 0.336. The molecular weight excluding hydrogens is 260 g/mol. The van der Waals surface area contributed by atoms with Crippen LogP contribution in [0.3, 0.4) is 0 Å². The molecule has 0 spiro atoms. The Morgan fingerprint density at radius 3 is 3.10 bits per heavy atom. The van der Waals surface area contributed by atoms with Crippen molar-refractivity contribution < 1.29 is 0 Å². The van der Waals surface area contributed by atoms with E-state index < -0.39 is 0 Å². The monoisotopic (exact) mass is 278 g/mol. The minimum atomic E-state index is 0.336. The number of hydrogen-bond donors (Lipinski definition) is 2. The maximum absolute atomic E-state index is 4.46. The highest BCUT2D eigenvalue weighted by Crippen LogP contribution is 2.33. The number of hydrogen-bond acceptors (Lipinski definition) is 3. The lowest BCUT2D eigenvalue weighted by molar-refractivity contribution is 0.599. The largest absolute Gasteiger partial charge is 0.363 e. The molecule has 0 radical (unpaired) electrons. The summed E-state index contributed by atoms with van der Waals surface area (Å²) < 4.78 is 0. The van der Waals surface area contributed by atoms with E-state index in [0.29, 0.717) is 6.04 Å². The molecule has 2 aromatic heterocycles. The average molecular weight is 278 g/mol. The molecule has 2 heterocycles. The molecule has 4 heteroatoms. The Kier molecular flexibility index (Phi) is 2.88. The molecule has 0 fully saturated rings. The van der Waals surface area contributed by atoms with Gasteiger partial charge in [-0.3, -0.25) is 0 Å². The van der Waals surface area contributed by atoms with Crippen LogP contribution in [0.4, 0.5) is 5.82 Å². The van der Waals surface area contributed by atoms with Crippen molar-refractivity contribution in [3.8, 4) is 0 Å². The van der Waals surface area contributed by atoms with Crippen LogP contribution in [-0.2, 0) is 6.42 Å². The maximum Gasteiger partial charge on any atom is 0.143 e. The third kappa shape index (κ3) is 2.07. The van der Waals surface area contributed by atoms with Gasteiger partial charge in [0.25, 0.3) is 0 Å². The molecule has 0 saturated heterocycles. The number of H-pyrrole nitrogens is 1. The molecule has 0 unspecified atom stereocenters. The van der Waals surface area contributed by atoms with Crippen LogP contribution in [0.1, 0.15) is 35.6 Å². The van der Waals surface area contributed by atoms with Gasteiger partial charge in [-0.15, -0.1) is 0 Å². The van der Waals surface area contributed by atoms with E-state index in [2.05, 4.69) is 51.5 Å². The molecule has 106 valence electrons. The quantitative estimate of drug-likeness (QED) is 0.750. The maximum atomic E-state index is 4.46. The van der Waals surface area contributed by atoms with Gasteiger partial charge in [-0.1, -0.05) is 24.3 Å². The second-order valence-corrected chi connectivity index (χ2v) is 5.71. The first-order valence-corrected chi connectivity index (χ1v) is 7.46. The Balaban J connectivity index is 1.75. The Morgan fingerprint density at radius 2 is 2.14 bits per heavy atom. The summed E-state index contributed by atoms with van der Waals surface area (Å²) in [7, 11) is 0. The number of rotatable bonds is 2. The highest BCUT2D eigenvalue weighted by atomic mass is 15.1. The number of nitrogens with one attached hydrogen (secondary N) is 2. The van der Waals surface area contributed by atoms with E-state index >= 15 is 0 Å². The highest BCUT2D eigenvalue weighted by Gasteiger charge is 2.21. The SMILES string of the molecule is Cc1c[nH]c2ncnc(N[C@H]3CCCc4ccccc43)c12. The minimum Gasteiger partial charge on any atom is -0.363 e. The van der Waals surface area contributed by atoms with Crippen LogP contribution in [0.5, 0.6) is 0 Å². The molecule has 2 N–H and O–H groups in total. The van der Waals surface area contributed by atoms with Crippen LogP contribution in [-0.4, -0.2) is 15.0 Å². The average Bonchev–Trinajstić information content (AvgIpc) is 2.90. The molecular formula is C17H18N4. The summed E-state index contributed by atoms with van der Waals surface area (Å²) >= 11 is 0. The van der Waals surface area contributed by atoms with Crippen LogP contribution in [0.15, 0.2) is 36.8 Å². The molecule has 3 aromatic rings.